The zero-order valence-electron chi connectivity index (χ0n) is 11.5. The van der Waals surface area contributed by atoms with Gasteiger partial charge < -0.3 is 14.8 Å². The summed E-state index contributed by atoms with van der Waals surface area (Å²) in [5.41, 5.74) is 0.590. The maximum atomic E-state index is 12.1. The molecule has 1 N–H and O–H groups in total. The minimum atomic E-state index is -0.0760. The minimum absolute atomic E-state index is 0.0760. The number of rotatable bonds is 7. The summed E-state index contributed by atoms with van der Waals surface area (Å²) in [5.74, 6) is 1.13. The topological polar surface area (TPSA) is 50.9 Å². The van der Waals surface area contributed by atoms with Crippen molar-refractivity contribution in [3.8, 4) is 5.75 Å². The maximum absolute atomic E-state index is 12.1. The predicted molar refractivity (Wildman–Crippen MR) is 73.5 cm³/mol. The molecule has 0 radical (unpaired) electrons. The van der Waals surface area contributed by atoms with Gasteiger partial charge in [0.15, 0.2) is 0 Å². The molecule has 1 amide bonds. The fraction of sp³-hybridized carbons (Fsp3) is 0.533. The summed E-state index contributed by atoms with van der Waals surface area (Å²) in [6, 6.07) is 7.32. The summed E-state index contributed by atoms with van der Waals surface area (Å²) in [7, 11) is 0. The van der Waals surface area contributed by atoms with E-state index in [9.17, 15) is 4.79 Å². The van der Waals surface area contributed by atoms with Crippen LogP contribution < -0.4 is 10.1 Å². The molecular formula is C15H21NO3. The quantitative estimate of drug-likeness (QED) is 0.768. The fourth-order valence-corrected chi connectivity index (χ4v) is 1.70. The molecule has 1 fully saturated rings. The number of ether oxygens (including phenoxy) is 2. The lowest BCUT2D eigenvalue weighted by Gasteiger charge is -2.11. The third kappa shape index (κ3) is 4.56. The molecule has 0 aliphatic carbocycles. The number of amides is 1. The van der Waals surface area contributed by atoms with Crippen LogP contribution in [0.25, 0.3) is 0 Å². The summed E-state index contributed by atoms with van der Waals surface area (Å²) < 4.78 is 10.7. The van der Waals surface area contributed by atoms with Gasteiger partial charge in [-0.1, -0.05) is 26.0 Å². The highest BCUT2D eigenvalue weighted by Gasteiger charge is 2.24. The highest BCUT2D eigenvalue weighted by Crippen LogP contribution is 2.20. The van der Waals surface area contributed by atoms with Crippen LogP contribution in [0, 0.1) is 5.92 Å². The molecule has 1 heterocycles. The van der Waals surface area contributed by atoms with E-state index >= 15 is 0 Å². The number of epoxide rings is 1. The van der Waals surface area contributed by atoms with Crippen molar-refractivity contribution in [2.75, 3.05) is 19.8 Å². The maximum Gasteiger partial charge on any atom is 0.255 e. The molecule has 4 heteroatoms. The second-order valence-corrected chi connectivity index (χ2v) is 5.20. The number of carbonyl (C=O) groups excluding carboxylic acids is 1. The molecule has 1 atom stereocenters. The van der Waals surface area contributed by atoms with Gasteiger partial charge in [-0.3, -0.25) is 4.79 Å². The van der Waals surface area contributed by atoms with Crippen LogP contribution in [-0.2, 0) is 4.74 Å². The van der Waals surface area contributed by atoms with Gasteiger partial charge in [-0.15, -0.1) is 0 Å². The highest BCUT2D eigenvalue weighted by atomic mass is 16.6. The summed E-state index contributed by atoms with van der Waals surface area (Å²) in [6.07, 6.45) is 1.17. The van der Waals surface area contributed by atoms with Crippen molar-refractivity contribution in [2.45, 2.75) is 26.4 Å². The van der Waals surface area contributed by atoms with E-state index in [4.69, 9.17) is 9.47 Å². The van der Waals surface area contributed by atoms with Crippen molar-refractivity contribution in [3.63, 3.8) is 0 Å². The normalized spacial score (nSPS) is 17.3. The van der Waals surface area contributed by atoms with Gasteiger partial charge in [0.05, 0.1) is 12.2 Å². The van der Waals surface area contributed by atoms with Crippen LogP contribution in [0.5, 0.6) is 5.75 Å². The molecule has 1 aliphatic rings. The number of hydrogen-bond acceptors (Lipinski definition) is 3. The Kier molecular flexibility index (Phi) is 4.80. The van der Waals surface area contributed by atoms with Crippen molar-refractivity contribution < 1.29 is 14.3 Å². The molecule has 104 valence electrons. The van der Waals surface area contributed by atoms with Gasteiger partial charge in [0.25, 0.3) is 5.91 Å². The van der Waals surface area contributed by atoms with Crippen molar-refractivity contribution in [2.24, 2.45) is 5.92 Å². The zero-order chi connectivity index (χ0) is 13.7. The molecule has 1 unspecified atom stereocenters. The number of hydrogen-bond donors (Lipinski definition) is 1. The van der Waals surface area contributed by atoms with Crippen molar-refractivity contribution >= 4 is 5.91 Å². The lowest BCUT2D eigenvalue weighted by Crippen LogP contribution is -2.26. The Balaban J connectivity index is 1.91. The Morgan fingerprint density at radius 3 is 2.89 bits per heavy atom. The summed E-state index contributed by atoms with van der Waals surface area (Å²) in [6.45, 7) is 6.23. The summed E-state index contributed by atoms with van der Waals surface area (Å²) in [5, 5.41) is 2.92. The molecule has 1 aromatic rings. The average molecular weight is 263 g/mol. The third-order valence-corrected chi connectivity index (χ3v) is 2.97. The van der Waals surface area contributed by atoms with E-state index in [0.29, 0.717) is 30.4 Å². The smallest absolute Gasteiger partial charge is 0.255 e. The first-order valence-corrected chi connectivity index (χ1v) is 6.78. The SMILES string of the molecule is CC(C)CCNC(=O)c1ccccc1OCC1CO1. The molecule has 19 heavy (non-hydrogen) atoms. The van der Waals surface area contributed by atoms with Crippen LogP contribution in [-0.4, -0.2) is 31.8 Å². The molecule has 2 rings (SSSR count). The number of nitrogens with one attached hydrogen (secondary N) is 1. The van der Waals surface area contributed by atoms with Crippen molar-refractivity contribution in [1.29, 1.82) is 0 Å². The second kappa shape index (κ2) is 6.57. The predicted octanol–water partition coefficient (Wildman–Crippen LogP) is 2.24. The van der Waals surface area contributed by atoms with Gasteiger partial charge in [-0.05, 0) is 24.5 Å². The van der Waals surface area contributed by atoms with Gasteiger partial charge >= 0.3 is 0 Å². The van der Waals surface area contributed by atoms with E-state index in [0.717, 1.165) is 13.0 Å². The summed E-state index contributed by atoms with van der Waals surface area (Å²) in [4.78, 5) is 12.1. The Bertz CT molecular complexity index is 427. The number of carbonyl (C=O) groups is 1. The lowest BCUT2D eigenvalue weighted by atomic mass is 10.1. The van der Waals surface area contributed by atoms with Gasteiger partial charge in [0, 0.05) is 6.54 Å². The zero-order valence-corrected chi connectivity index (χ0v) is 11.5. The van der Waals surface area contributed by atoms with E-state index in [1.165, 1.54) is 0 Å². The van der Waals surface area contributed by atoms with E-state index in [2.05, 4.69) is 19.2 Å². The Labute approximate surface area is 114 Å². The lowest BCUT2D eigenvalue weighted by molar-refractivity contribution is 0.0947. The Morgan fingerprint density at radius 1 is 1.47 bits per heavy atom. The first kappa shape index (κ1) is 13.9. The van der Waals surface area contributed by atoms with Crippen molar-refractivity contribution in [1.82, 2.24) is 5.32 Å². The van der Waals surface area contributed by atoms with E-state index in [1.54, 1.807) is 6.07 Å². The average Bonchev–Trinajstić information content (AvgIpc) is 3.20. The van der Waals surface area contributed by atoms with E-state index in [1.807, 2.05) is 18.2 Å². The Hall–Kier alpha value is -1.55. The molecular weight excluding hydrogens is 242 g/mol. The molecule has 0 saturated carbocycles. The fourth-order valence-electron chi connectivity index (χ4n) is 1.70. The van der Waals surface area contributed by atoms with E-state index < -0.39 is 0 Å². The van der Waals surface area contributed by atoms with Crippen LogP contribution in [0.4, 0.5) is 0 Å². The van der Waals surface area contributed by atoms with Gasteiger partial charge in [0.2, 0.25) is 0 Å². The van der Waals surface area contributed by atoms with Crippen LogP contribution in [0.3, 0.4) is 0 Å². The van der Waals surface area contributed by atoms with Crippen LogP contribution in [0.15, 0.2) is 24.3 Å². The molecule has 0 bridgehead atoms. The second-order valence-electron chi connectivity index (χ2n) is 5.20. The molecule has 0 aromatic heterocycles. The molecule has 0 spiro atoms. The largest absolute Gasteiger partial charge is 0.490 e. The number of benzene rings is 1. The third-order valence-electron chi connectivity index (χ3n) is 2.97. The van der Waals surface area contributed by atoms with Gasteiger partial charge in [-0.2, -0.15) is 0 Å². The molecule has 4 nitrogen and oxygen atoms in total. The monoisotopic (exact) mass is 263 g/mol. The molecule has 1 aromatic carbocycles. The van der Waals surface area contributed by atoms with Crippen molar-refractivity contribution in [3.05, 3.63) is 29.8 Å². The van der Waals surface area contributed by atoms with Crippen LogP contribution >= 0.6 is 0 Å². The molecule has 1 saturated heterocycles. The Morgan fingerprint density at radius 2 is 2.21 bits per heavy atom. The van der Waals surface area contributed by atoms with Crippen LogP contribution in [0.1, 0.15) is 30.6 Å². The highest BCUT2D eigenvalue weighted by molar-refractivity contribution is 5.96. The summed E-state index contributed by atoms with van der Waals surface area (Å²) >= 11 is 0. The van der Waals surface area contributed by atoms with E-state index in [-0.39, 0.29) is 12.0 Å². The van der Waals surface area contributed by atoms with Gasteiger partial charge in [-0.25, -0.2) is 0 Å². The van der Waals surface area contributed by atoms with Gasteiger partial charge in [0.1, 0.15) is 18.5 Å². The first-order chi connectivity index (χ1) is 9.16. The van der Waals surface area contributed by atoms with Crippen LogP contribution in [0.2, 0.25) is 0 Å². The standard InChI is InChI=1S/C15H21NO3/c1-11(2)7-8-16-15(17)13-5-3-4-6-14(13)19-10-12-9-18-12/h3-6,11-12H,7-10H2,1-2H3,(H,16,17). The molecule has 1 aliphatic heterocycles. The number of para-hydroxylation sites is 1. The minimum Gasteiger partial charge on any atom is -0.490 e. The first-order valence-electron chi connectivity index (χ1n) is 6.78.